The highest BCUT2D eigenvalue weighted by Crippen LogP contribution is 1.96. The standard InChI is InChI=1S/C7H17N3O2Si2/c1-13(2)9-7(12)10(14(3)4)5-8-6-11/h13-14H,5H2,1-4H3,(H,9,12). The lowest BCUT2D eigenvalue weighted by Crippen LogP contribution is -2.49. The number of isocyanates is 1. The van der Waals surface area contributed by atoms with Crippen LogP contribution in [0, 0.1) is 0 Å². The van der Waals surface area contributed by atoms with Crippen molar-refractivity contribution in [3.8, 4) is 0 Å². The van der Waals surface area contributed by atoms with Crippen LogP contribution in [0.1, 0.15) is 0 Å². The van der Waals surface area contributed by atoms with Crippen molar-refractivity contribution in [3.05, 3.63) is 0 Å². The van der Waals surface area contributed by atoms with Crippen molar-refractivity contribution in [2.24, 2.45) is 4.99 Å². The first kappa shape index (κ1) is 13.1. The van der Waals surface area contributed by atoms with Gasteiger partial charge in [-0.15, -0.1) is 0 Å². The highest BCUT2D eigenvalue weighted by atomic mass is 28.3. The first-order valence-corrected chi connectivity index (χ1v) is 10.3. The quantitative estimate of drug-likeness (QED) is 0.428. The van der Waals surface area contributed by atoms with Crippen LogP contribution in [-0.4, -0.2) is 41.3 Å². The average Bonchev–Trinajstić information content (AvgIpc) is 2.02. The molecular formula is C7H17N3O2Si2. The molecule has 0 unspecified atom stereocenters. The zero-order chi connectivity index (χ0) is 11.1. The third-order valence-corrected chi connectivity index (χ3v) is 4.05. The van der Waals surface area contributed by atoms with E-state index in [9.17, 15) is 9.59 Å². The van der Waals surface area contributed by atoms with Crippen molar-refractivity contribution in [1.82, 2.24) is 9.55 Å². The molecule has 7 heteroatoms. The molecule has 14 heavy (non-hydrogen) atoms. The van der Waals surface area contributed by atoms with E-state index in [-0.39, 0.29) is 12.7 Å². The normalized spacial score (nSPS) is 9.86. The van der Waals surface area contributed by atoms with E-state index in [0.29, 0.717) is 0 Å². The maximum Gasteiger partial charge on any atom is 0.302 e. The average molecular weight is 231 g/mol. The molecule has 0 aromatic rings. The lowest BCUT2D eigenvalue weighted by molar-refractivity contribution is 0.228. The Labute approximate surface area is 87.6 Å². The van der Waals surface area contributed by atoms with Crippen molar-refractivity contribution in [2.45, 2.75) is 26.2 Å². The van der Waals surface area contributed by atoms with Gasteiger partial charge in [0.2, 0.25) is 6.08 Å². The summed E-state index contributed by atoms with van der Waals surface area (Å²) in [5, 5.41) is 0. The Bertz CT molecular complexity index is 239. The minimum atomic E-state index is -1.26. The summed E-state index contributed by atoms with van der Waals surface area (Å²) in [4.78, 5) is 27.9. The van der Waals surface area contributed by atoms with Crippen molar-refractivity contribution in [3.63, 3.8) is 0 Å². The summed E-state index contributed by atoms with van der Waals surface area (Å²) in [6, 6.07) is -0.0904. The number of nitrogens with zero attached hydrogens (tertiary/aromatic N) is 2. The second kappa shape index (κ2) is 6.52. The highest BCUT2D eigenvalue weighted by molar-refractivity contribution is 6.59. The topological polar surface area (TPSA) is 61.8 Å². The van der Waals surface area contributed by atoms with E-state index < -0.39 is 17.9 Å². The van der Waals surface area contributed by atoms with E-state index in [2.05, 4.69) is 9.97 Å². The summed E-state index contributed by atoms with van der Waals surface area (Å²) >= 11 is 0. The van der Waals surface area contributed by atoms with Gasteiger partial charge in [0.05, 0.1) is 0 Å². The molecule has 0 radical (unpaired) electrons. The van der Waals surface area contributed by atoms with Crippen LogP contribution < -0.4 is 4.98 Å². The van der Waals surface area contributed by atoms with Crippen LogP contribution in [0.3, 0.4) is 0 Å². The van der Waals surface area contributed by atoms with Gasteiger partial charge in [-0.05, 0) is 0 Å². The largest absolute Gasteiger partial charge is 0.368 e. The molecule has 80 valence electrons. The van der Waals surface area contributed by atoms with Gasteiger partial charge in [0.15, 0.2) is 0 Å². The Balaban J connectivity index is 4.33. The Morgan fingerprint density at radius 2 is 2.00 bits per heavy atom. The van der Waals surface area contributed by atoms with Crippen LogP contribution in [0.2, 0.25) is 26.2 Å². The van der Waals surface area contributed by atoms with E-state index in [1.165, 1.54) is 6.08 Å². The zero-order valence-electron chi connectivity index (χ0n) is 9.07. The van der Waals surface area contributed by atoms with Gasteiger partial charge in [-0.3, -0.25) is 4.79 Å². The molecule has 0 fully saturated rings. The second-order valence-corrected chi connectivity index (χ2v) is 8.97. The van der Waals surface area contributed by atoms with Gasteiger partial charge >= 0.3 is 6.03 Å². The monoisotopic (exact) mass is 231 g/mol. The molecular weight excluding hydrogens is 214 g/mol. The van der Waals surface area contributed by atoms with Gasteiger partial charge in [-0.2, -0.15) is 4.99 Å². The molecule has 0 rings (SSSR count). The molecule has 0 atom stereocenters. The molecule has 0 aliphatic rings. The number of hydrogen-bond acceptors (Lipinski definition) is 3. The van der Waals surface area contributed by atoms with Crippen molar-refractivity contribution < 1.29 is 9.59 Å². The third-order valence-electron chi connectivity index (χ3n) is 1.58. The number of carbonyl (C=O) groups excluding carboxylic acids is 2. The Kier molecular flexibility index (Phi) is 6.10. The Hall–Kier alpha value is -0.916. The Morgan fingerprint density at radius 1 is 1.43 bits per heavy atom. The summed E-state index contributed by atoms with van der Waals surface area (Å²) in [5.41, 5.74) is 0. The fourth-order valence-electron chi connectivity index (χ4n) is 0.897. The molecule has 1 N–H and O–H groups in total. The maximum absolute atomic E-state index is 11.6. The van der Waals surface area contributed by atoms with Crippen molar-refractivity contribution in [2.75, 3.05) is 6.67 Å². The van der Waals surface area contributed by atoms with E-state index in [1.54, 1.807) is 4.57 Å². The van der Waals surface area contributed by atoms with E-state index in [4.69, 9.17) is 0 Å². The van der Waals surface area contributed by atoms with Gasteiger partial charge in [0.1, 0.15) is 24.6 Å². The van der Waals surface area contributed by atoms with Crippen molar-refractivity contribution >= 4 is 30.0 Å². The molecule has 0 bridgehead atoms. The van der Waals surface area contributed by atoms with Crippen LogP contribution in [0.15, 0.2) is 4.99 Å². The van der Waals surface area contributed by atoms with E-state index in [1.807, 2.05) is 26.2 Å². The first-order chi connectivity index (χ1) is 6.49. The number of rotatable bonds is 4. The molecule has 0 saturated carbocycles. The molecule has 5 nitrogen and oxygen atoms in total. The van der Waals surface area contributed by atoms with E-state index >= 15 is 0 Å². The minimum absolute atomic E-state index is 0.0904. The van der Waals surface area contributed by atoms with Gasteiger partial charge in [-0.1, -0.05) is 26.2 Å². The number of hydrogen-bond donors (Lipinski definition) is 1. The summed E-state index contributed by atoms with van der Waals surface area (Å²) in [7, 11) is -2.38. The van der Waals surface area contributed by atoms with Crippen LogP contribution in [0.5, 0.6) is 0 Å². The summed E-state index contributed by atoms with van der Waals surface area (Å²) in [5.74, 6) is 0. The number of aliphatic imine (C=N–C) groups is 1. The number of urea groups is 1. The molecule has 2 amide bonds. The molecule has 0 saturated heterocycles. The summed E-state index contributed by atoms with van der Waals surface area (Å²) < 4.78 is 1.64. The zero-order valence-corrected chi connectivity index (χ0v) is 11.4. The minimum Gasteiger partial charge on any atom is -0.368 e. The molecule has 0 aromatic heterocycles. The summed E-state index contributed by atoms with van der Waals surface area (Å²) in [6.07, 6.45) is 1.45. The fourth-order valence-corrected chi connectivity index (χ4v) is 2.66. The van der Waals surface area contributed by atoms with Gasteiger partial charge in [0, 0.05) is 0 Å². The van der Waals surface area contributed by atoms with E-state index in [0.717, 1.165) is 0 Å². The van der Waals surface area contributed by atoms with Crippen LogP contribution in [0.25, 0.3) is 0 Å². The molecule has 0 aromatic carbocycles. The second-order valence-electron chi connectivity index (χ2n) is 3.56. The smallest absolute Gasteiger partial charge is 0.302 e. The van der Waals surface area contributed by atoms with Gasteiger partial charge in [-0.25, -0.2) is 4.79 Å². The fraction of sp³-hybridized carbons (Fsp3) is 0.714. The van der Waals surface area contributed by atoms with Gasteiger partial charge in [0.25, 0.3) is 0 Å². The molecule has 0 heterocycles. The lowest BCUT2D eigenvalue weighted by Gasteiger charge is -2.25. The summed E-state index contributed by atoms with van der Waals surface area (Å²) in [6.45, 7) is 8.23. The maximum atomic E-state index is 11.6. The third kappa shape index (κ3) is 4.95. The number of nitrogens with one attached hydrogen (secondary N) is 1. The molecule has 0 spiro atoms. The van der Waals surface area contributed by atoms with Crippen LogP contribution >= 0.6 is 0 Å². The lowest BCUT2D eigenvalue weighted by atomic mass is 10.9. The van der Waals surface area contributed by atoms with Gasteiger partial charge < -0.3 is 9.55 Å². The molecule has 0 aliphatic heterocycles. The predicted octanol–water partition coefficient (Wildman–Crippen LogP) is 0.258. The predicted molar refractivity (Wildman–Crippen MR) is 61.1 cm³/mol. The van der Waals surface area contributed by atoms with Crippen molar-refractivity contribution in [1.29, 1.82) is 0 Å². The number of carbonyl (C=O) groups is 1. The molecule has 0 aliphatic carbocycles. The first-order valence-electron chi connectivity index (χ1n) is 4.59. The SMILES string of the molecule is C[SiH](C)NC(=O)N(CN=C=O)[SiH](C)C. The Morgan fingerprint density at radius 3 is 2.36 bits per heavy atom. The van der Waals surface area contributed by atoms with Crippen LogP contribution in [-0.2, 0) is 4.79 Å². The van der Waals surface area contributed by atoms with Crippen LogP contribution in [0.4, 0.5) is 4.79 Å². The highest BCUT2D eigenvalue weighted by Gasteiger charge is 2.17. The number of amides is 2.